The fourth-order valence-corrected chi connectivity index (χ4v) is 2.38. The molecule has 0 aliphatic heterocycles. The summed E-state index contributed by atoms with van der Waals surface area (Å²) >= 11 is 5.82. The SMILES string of the molecule is O=C(NN=C(c1ccccc1)c1ccccc1)c1ccnc(Cl)c1. The van der Waals surface area contributed by atoms with Crippen LogP contribution < -0.4 is 5.43 Å². The van der Waals surface area contributed by atoms with E-state index < -0.39 is 0 Å². The molecule has 0 aliphatic carbocycles. The van der Waals surface area contributed by atoms with Gasteiger partial charge in [0.1, 0.15) is 5.15 Å². The zero-order chi connectivity index (χ0) is 16.8. The van der Waals surface area contributed by atoms with Crippen molar-refractivity contribution in [1.29, 1.82) is 0 Å². The highest BCUT2D eigenvalue weighted by Crippen LogP contribution is 2.11. The van der Waals surface area contributed by atoms with Crippen LogP contribution in [0.4, 0.5) is 0 Å². The van der Waals surface area contributed by atoms with Crippen molar-refractivity contribution in [3.63, 3.8) is 0 Å². The molecule has 1 heterocycles. The molecule has 1 aromatic heterocycles. The molecule has 2 aromatic carbocycles. The van der Waals surface area contributed by atoms with E-state index in [2.05, 4.69) is 15.5 Å². The van der Waals surface area contributed by atoms with Gasteiger partial charge in [0.05, 0.1) is 5.71 Å². The van der Waals surface area contributed by atoms with Crippen molar-refractivity contribution in [3.05, 3.63) is 101 Å². The number of amides is 1. The van der Waals surface area contributed by atoms with Crippen LogP contribution >= 0.6 is 11.6 Å². The highest BCUT2D eigenvalue weighted by Gasteiger charge is 2.09. The summed E-state index contributed by atoms with van der Waals surface area (Å²) < 4.78 is 0. The Morgan fingerprint density at radius 3 is 2.00 bits per heavy atom. The molecular formula is C19H14ClN3O. The Labute approximate surface area is 144 Å². The number of nitrogens with one attached hydrogen (secondary N) is 1. The van der Waals surface area contributed by atoms with Crippen molar-refractivity contribution < 1.29 is 4.79 Å². The predicted octanol–water partition coefficient (Wildman–Crippen LogP) is 3.92. The number of halogens is 1. The maximum atomic E-state index is 12.3. The van der Waals surface area contributed by atoms with Crippen LogP contribution in [0, 0.1) is 0 Å². The molecule has 3 aromatic rings. The van der Waals surface area contributed by atoms with E-state index in [9.17, 15) is 4.79 Å². The largest absolute Gasteiger partial charge is 0.271 e. The van der Waals surface area contributed by atoms with E-state index in [1.165, 1.54) is 12.3 Å². The fraction of sp³-hybridized carbons (Fsp3) is 0. The Hall–Kier alpha value is -2.98. The van der Waals surface area contributed by atoms with E-state index in [1.54, 1.807) is 6.07 Å². The quantitative estimate of drug-likeness (QED) is 0.446. The topological polar surface area (TPSA) is 54.4 Å². The Morgan fingerprint density at radius 1 is 0.875 bits per heavy atom. The molecule has 0 bridgehead atoms. The second-order valence-electron chi connectivity index (χ2n) is 5.00. The summed E-state index contributed by atoms with van der Waals surface area (Å²) in [4.78, 5) is 16.1. The van der Waals surface area contributed by atoms with Crippen LogP contribution in [0.5, 0.6) is 0 Å². The highest BCUT2D eigenvalue weighted by atomic mass is 35.5. The maximum absolute atomic E-state index is 12.3. The zero-order valence-corrected chi connectivity index (χ0v) is 13.4. The number of benzene rings is 2. The molecule has 0 aliphatic rings. The van der Waals surface area contributed by atoms with Crippen LogP contribution in [0.3, 0.4) is 0 Å². The lowest BCUT2D eigenvalue weighted by atomic mass is 10.0. The van der Waals surface area contributed by atoms with Crippen LogP contribution in [0.2, 0.25) is 5.15 Å². The van der Waals surface area contributed by atoms with Gasteiger partial charge in [0.15, 0.2) is 0 Å². The molecule has 0 radical (unpaired) electrons. The number of hydrogen-bond donors (Lipinski definition) is 1. The number of carbonyl (C=O) groups excluding carboxylic acids is 1. The molecule has 0 spiro atoms. The van der Waals surface area contributed by atoms with Crippen LogP contribution in [-0.2, 0) is 0 Å². The first-order chi connectivity index (χ1) is 11.7. The van der Waals surface area contributed by atoms with Gasteiger partial charge in [-0.2, -0.15) is 5.10 Å². The normalized spacial score (nSPS) is 10.0. The van der Waals surface area contributed by atoms with Gasteiger partial charge in [-0.15, -0.1) is 0 Å². The lowest BCUT2D eigenvalue weighted by Crippen LogP contribution is -2.20. The molecule has 5 heteroatoms. The number of carbonyl (C=O) groups is 1. The predicted molar refractivity (Wildman–Crippen MR) is 95.2 cm³/mol. The van der Waals surface area contributed by atoms with E-state index in [4.69, 9.17) is 11.6 Å². The average Bonchev–Trinajstić information content (AvgIpc) is 2.63. The minimum atomic E-state index is -0.344. The molecule has 24 heavy (non-hydrogen) atoms. The first kappa shape index (κ1) is 15.9. The smallest absolute Gasteiger partial charge is 0.267 e. The van der Waals surface area contributed by atoms with Gasteiger partial charge >= 0.3 is 0 Å². The summed E-state index contributed by atoms with van der Waals surface area (Å²) in [6.45, 7) is 0. The van der Waals surface area contributed by atoms with Crippen LogP contribution in [0.25, 0.3) is 0 Å². The molecule has 0 fully saturated rings. The molecule has 0 saturated heterocycles. The molecule has 3 rings (SSSR count). The second kappa shape index (κ2) is 7.53. The minimum absolute atomic E-state index is 0.262. The number of nitrogens with zero attached hydrogens (tertiary/aromatic N) is 2. The average molecular weight is 336 g/mol. The summed E-state index contributed by atoms with van der Waals surface area (Å²) in [6, 6.07) is 22.4. The maximum Gasteiger partial charge on any atom is 0.271 e. The number of hydrogen-bond acceptors (Lipinski definition) is 3. The summed E-state index contributed by atoms with van der Waals surface area (Å²) in [6.07, 6.45) is 1.48. The third-order valence-corrected chi connectivity index (χ3v) is 3.56. The van der Waals surface area contributed by atoms with E-state index in [-0.39, 0.29) is 11.1 Å². The van der Waals surface area contributed by atoms with Crippen LogP contribution in [0.1, 0.15) is 21.5 Å². The van der Waals surface area contributed by atoms with Gasteiger partial charge < -0.3 is 0 Å². The van der Waals surface area contributed by atoms with E-state index in [0.717, 1.165) is 11.1 Å². The molecule has 4 nitrogen and oxygen atoms in total. The molecule has 1 N–H and O–H groups in total. The highest BCUT2D eigenvalue weighted by molar-refractivity contribution is 6.29. The molecule has 0 saturated carbocycles. The van der Waals surface area contributed by atoms with Crippen molar-refractivity contribution in [2.24, 2.45) is 5.10 Å². The van der Waals surface area contributed by atoms with Crippen molar-refractivity contribution in [2.75, 3.05) is 0 Å². The Balaban J connectivity index is 1.91. The van der Waals surface area contributed by atoms with Gasteiger partial charge in [-0.1, -0.05) is 72.3 Å². The second-order valence-corrected chi connectivity index (χ2v) is 5.39. The Morgan fingerprint density at radius 2 is 1.46 bits per heavy atom. The van der Waals surface area contributed by atoms with E-state index >= 15 is 0 Å². The van der Waals surface area contributed by atoms with Crippen molar-refractivity contribution in [1.82, 2.24) is 10.4 Å². The molecule has 118 valence electrons. The van der Waals surface area contributed by atoms with Gasteiger partial charge in [-0.05, 0) is 12.1 Å². The van der Waals surface area contributed by atoms with Crippen molar-refractivity contribution in [3.8, 4) is 0 Å². The van der Waals surface area contributed by atoms with Crippen molar-refractivity contribution >= 4 is 23.2 Å². The van der Waals surface area contributed by atoms with Crippen molar-refractivity contribution in [2.45, 2.75) is 0 Å². The number of pyridine rings is 1. The third-order valence-electron chi connectivity index (χ3n) is 3.35. The standard InChI is InChI=1S/C19H14ClN3O/c20-17-13-16(11-12-21-17)19(24)23-22-18(14-7-3-1-4-8-14)15-9-5-2-6-10-15/h1-13H,(H,23,24). The fourth-order valence-electron chi connectivity index (χ4n) is 2.20. The monoisotopic (exact) mass is 335 g/mol. The minimum Gasteiger partial charge on any atom is -0.267 e. The van der Waals surface area contributed by atoms with Gasteiger partial charge in [-0.25, -0.2) is 10.4 Å². The van der Waals surface area contributed by atoms with E-state index in [1.807, 2.05) is 60.7 Å². The van der Waals surface area contributed by atoms with Crippen LogP contribution in [0.15, 0.2) is 84.1 Å². The molecule has 0 unspecified atom stereocenters. The zero-order valence-electron chi connectivity index (χ0n) is 12.7. The first-order valence-corrected chi connectivity index (χ1v) is 7.72. The number of hydrazone groups is 1. The Kier molecular flexibility index (Phi) is 4.99. The lowest BCUT2D eigenvalue weighted by Gasteiger charge is -2.08. The summed E-state index contributed by atoms with van der Waals surface area (Å²) in [5.74, 6) is -0.344. The molecular weight excluding hydrogens is 322 g/mol. The lowest BCUT2D eigenvalue weighted by molar-refractivity contribution is 0.0955. The first-order valence-electron chi connectivity index (χ1n) is 7.34. The van der Waals surface area contributed by atoms with E-state index in [0.29, 0.717) is 11.3 Å². The number of aromatic nitrogens is 1. The Bertz CT molecular complexity index is 823. The molecule has 0 atom stereocenters. The van der Waals surface area contributed by atoms with Crippen LogP contribution in [-0.4, -0.2) is 16.6 Å². The summed E-state index contributed by atoms with van der Waals surface area (Å²) in [5, 5.41) is 4.59. The summed E-state index contributed by atoms with van der Waals surface area (Å²) in [7, 11) is 0. The number of rotatable bonds is 4. The van der Waals surface area contributed by atoms with Gasteiger partial charge in [0, 0.05) is 22.9 Å². The summed E-state index contributed by atoms with van der Waals surface area (Å²) in [5.41, 5.74) is 5.50. The third kappa shape index (κ3) is 3.86. The van der Waals surface area contributed by atoms with Gasteiger partial charge in [0.25, 0.3) is 5.91 Å². The van der Waals surface area contributed by atoms with Gasteiger partial charge in [0.2, 0.25) is 0 Å². The molecule has 1 amide bonds. The van der Waals surface area contributed by atoms with Gasteiger partial charge in [-0.3, -0.25) is 4.79 Å².